The molecule has 0 aliphatic carbocycles. The van der Waals surface area contributed by atoms with Crippen LogP contribution in [0.15, 0.2) is 0 Å². The Morgan fingerprint density at radius 2 is 0.526 bits per heavy atom. The largest absolute Gasteiger partial charge is 0.303 e. The van der Waals surface area contributed by atoms with Crippen molar-refractivity contribution < 1.29 is 0 Å². The Hall–Kier alpha value is -0.160. The van der Waals surface area contributed by atoms with Gasteiger partial charge in [0.2, 0.25) is 0 Å². The van der Waals surface area contributed by atoms with Crippen LogP contribution in [0.5, 0.6) is 0 Å². The molecule has 0 aliphatic heterocycles. The molecule has 0 amide bonds. The van der Waals surface area contributed by atoms with E-state index in [4.69, 9.17) is 0 Å². The molecular weight excluding hydrogens is 464 g/mol. The number of rotatable bonds is 24. The Morgan fingerprint density at radius 1 is 0.316 bits per heavy atom. The lowest BCUT2D eigenvalue weighted by Crippen LogP contribution is -2.41. The fraction of sp³-hybridized carbons (Fsp3) is 1.00. The third kappa shape index (κ3) is 22.6. The second-order valence-corrected chi connectivity index (χ2v) is 12.7. The smallest absolute Gasteiger partial charge is 0.00413 e. The first kappa shape index (κ1) is 40.0. The van der Waals surface area contributed by atoms with Crippen LogP contribution in [-0.4, -0.2) is 96.1 Å². The zero-order valence-corrected chi connectivity index (χ0v) is 28.8. The van der Waals surface area contributed by atoms with Gasteiger partial charge in [-0.25, -0.2) is 0 Å². The van der Waals surface area contributed by atoms with Crippen molar-refractivity contribution in [2.75, 3.05) is 52.4 Å². The Morgan fingerprint density at radius 3 is 0.737 bits per heavy atom. The highest BCUT2D eigenvalue weighted by molar-refractivity contribution is 4.71. The topological polar surface area (TPSA) is 13.0 Å². The predicted molar refractivity (Wildman–Crippen MR) is 176 cm³/mol. The lowest BCUT2D eigenvalue weighted by Gasteiger charge is -2.34. The van der Waals surface area contributed by atoms with Gasteiger partial charge in [-0.1, -0.05) is 53.4 Å². The molecule has 0 rings (SSSR count). The highest BCUT2D eigenvalue weighted by Gasteiger charge is 2.16. The third-order valence-corrected chi connectivity index (χ3v) is 7.75. The molecule has 38 heavy (non-hydrogen) atoms. The first-order chi connectivity index (χ1) is 18.0. The molecule has 0 N–H and O–H groups in total. The highest BCUT2D eigenvalue weighted by atomic mass is 15.2. The number of hydrogen-bond donors (Lipinski definition) is 0. The van der Waals surface area contributed by atoms with Crippen molar-refractivity contribution in [2.45, 2.75) is 171 Å². The summed E-state index contributed by atoms with van der Waals surface area (Å²) in [6.45, 7) is 37.8. The first-order valence-corrected chi connectivity index (χ1v) is 17.0. The van der Waals surface area contributed by atoms with E-state index < -0.39 is 0 Å². The van der Waals surface area contributed by atoms with Crippen LogP contribution in [0.25, 0.3) is 0 Å². The lowest BCUT2D eigenvalue weighted by atomic mass is 10.2. The Labute approximate surface area is 243 Å². The first-order valence-electron chi connectivity index (χ1n) is 17.0. The van der Waals surface area contributed by atoms with Gasteiger partial charge >= 0.3 is 0 Å². The minimum Gasteiger partial charge on any atom is -0.303 e. The van der Waals surface area contributed by atoms with E-state index in [2.05, 4.69) is 103 Å². The average Bonchev–Trinajstić information content (AvgIpc) is 2.85. The minimum absolute atomic E-state index is 0.654. The van der Waals surface area contributed by atoms with E-state index in [1.165, 1.54) is 117 Å². The molecule has 0 fully saturated rings. The molecule has 0 unspecified atom stereocenters. The van der Waals surface area contributed by atoms with E-state index in [0.717, 1.165) is 0 Å². The summed E-state index contributed by atoms with van der Waals surface area (Å²) >= 11 is 0. The Bertz CT molecular complexity index is 391. The van der Waals surface area contributed by atoms with Crippen molar-refractivity contribution >= 4 is 0 Å². The van der Waals surface area contributed by atoms with Crippen molar-refractivity contribution in [3.63, 3.8) is 0 Å². The molecule has 4 nitrogen and oxygen atoms in total. The second kappa shape index (κ2) is 27.0. The third-order valence-electron chi connectivity index (χ3n) is 7.75. The fourth-order valence-corrected chi connectivity index (χ4v) is 5.38. The van der Waals surface area contributed by atoms with Crippen LogP contribution in [0.2, 0.25) is 0 Å². The van der Waals surface area contributed by atoms with E-state index in [9.17, 15) is 0 Å². The SMILES string of the molecule is CC(C)N(CCCN(C(C)C)C(C)C)C(C)C.CCCCN(CCCC)CCCN(CCCC)CCCC. The Kier molecular flexibility index (Phi) is 28.4. The monoisotopic (exact) mass is 541 g/mol. The standard InChI is InChI=1S/C19H42N2.C15H34N2/c1-5-9-14-20(15-10-6-2)18-13-19-21(16-11-7-3)17-12-8-4;1-12(2)16(13(3)4)10-9-11-17(14(5)6)15(7)8/h5-19H2,1-4H3;12-15H,9-11H2,1-8H3. The summed E-state index contributed by atoms with van der Waals surface area (Å²) in [6, 6.07) is 2.62. The number of nitrogens with zero attached hydrogens (tertiary/aromatic N) is 4. The molecular formula is C34H76N4. The summed E-state index contributed by atoms with van der Waals surface area (Å²) in [6.07, 6.45) is 13.3. The van der Waals surface area contributed by atoms with Crippen LogP contribution in [0.4, 0.5) is 0 Å². The molecule has 0 aromatic rings. The summed E-state index contributed by atoms with van der Waals surface area (Å²) < 4.78 is 0. The molecule has 0 heterocycles. The van der Waals surface area contributed by atoms with Gasteiger partial charge in [-0.2, -0.15) is 0 Å². The summed E-state index contributed by atoms with van der Waals surface area (Å²) in [4.78, 5) is 10.6. The minimum atomic E-state index is 0.654. The lowest BCUT2D eigenvalue weighted by molar-refractivity contribution is 0.136. The fourth-order valence-electron chi connectivity index (χ4n) is 5.38. The summed E-state index contributed by atoms with van der Waals surface area (Å²) in [5.74, 6) is 0. The molecule has 0 saturated heterocycles. The maximum Gasteiger partial charge on any atom is 0.00413 e. The van der Waals surface area contributed by atoms with Gasteiger partial charge in [0.05, 0.1) is 0 Å². The van der Waals surface area contributed by atoms with Crippen molar-refractivity contribution in [3.05, 3.63) is 0 Å². The van der Waals surface area contributed by atoms with Gasteiger partial charge in [-0.05, 0) is 146 Å². The predicted octanol–water partition coefficient (Wildman–Crippen LogP) is 8.80. The Balaban J connectivity index is 0. The van der Waals surface area contributed by atoms with Crippen LogP contribution in [-0.2, 0) is 0 Å². The van der Waals surface area contributed by atoms with Gasteiger partial charge in [0.1, 0.15) is 0 Å². The summed E-state index contributed by atoms with van der Waals surface area (Å²) in [5, 5.41) is 0. The van der Waals surface area contributed by atoms with Crippen molar-refractivity contribution in [1.29, 1.82) is 0 Å². The van der Waals surface area contributed by atoms with E-state index >= 15 is 0 Å². The highest BCUT2D eigenvalue weighted by Crippen LogP contribution is 2.10. The summed E-state index contributed by atoms with van der Waals surface area (Å²) in [7, 11) is 0. The van der Waals surface area contributed by atoms with E-state index in [1.54, 1.807) is 0 Å². The van der Waals surface area contributed by atoms with Gasteiger partial charge < -0.3 is 9.80 Å². The summed E-state index contributed by atoms with van der Waals surface area (Å²) in [5.41, 5.74) is 0. The molecule has 232 valence electrons. The normalized spacial score (nSPS) is 12.3. The number of hydrogen-bond acceptors (Lipinski definition) is 4. The van der Waals surface area contributed by atoms with Crippen LogP contribution >= 0.6 is 0 Å². The van der Waals surface area contributed by atoms with Crippen LogP contribution in [0, 0.1) is 0 Å². The van der Waals surface area contributed by atoms with E-state index in [0.29, 0.717) is 24.2 Å². The molecule has 0 bridgehead atoms. The van der Waals surface area contributed by atoms with Gasteiger partial charge in [-0.15, -0.1) is 0 Å². The zero-order valence-electron chi connectivity index (χ0n) is 28.8. The van der Waals surface area contributed by atoms with Crippen molar-refractivity contribution in [2.24, 2.45) is 0 Å². The molecule has 0 spiro atoms. The maximum atomic E-state index is 2.70. The molecule has 0 aromatic heterocycles. The van der Waals surface area contributed by atoms with Gasteiger partial charge in [-0.3, -0.25) is 9.80 Å². The maximum absolute atomic E-state index is 2.70. The molecule has 4 heteroatoms. The van der Waals surface area contributed by atoms with Gasteiger partial charge in [0.25, 0.3) is 0 Å². The molecule has 0 radical (unpaired) electrons. The van der Waals surface area contributed by atoms with E-state index in [-0.39, 0.29) is 0 Å². The average molecular weight is 541 g/mol. The van der Waals surface area contributed by atoms with Crippen molar-refractivity contribution in [1.82, 2.24) is 19.6 Å². The molecule has 0 atom stereocenters. The van der Waals surface area contributed by atoms with Crippen LogP contribution in [0.3, 0.4) is 0 Å². The van der Waals surface area contributed by atoms with Gasteiger partial charge in [0.15, 0.2) is 0 Å². The molecule has 0 aromatic carbocycles. The second-order valence-electron chi connectivity index (χ2n) is 12.7. The quantitative estimate of drug-likeness (QED) is 0.121. The van der Waals surface area contributed by atoms with Crippen LogP contribution < -0.4 is 0 Å². The number of unbranched alkanes of at least 4 members (excludes halogenated alkanes) is 4. The zero-order chi connectivity index (χ0) is 29.3. The van der Waals surface area contributed by atoms with Crippen molar-refractivity contribution in [3.8, 4) is 0 Å². The molecule has 0 aliphatic rings. The molecule has 0 saturated carbocycles. The van der Waals surface area contributed by atoms with Gasteiger partial charge in [0, 0.05) is 24.2 Å². The van der Waals surface area contributed by atoms with E-state index in [1.807, 2.05) is 0 Å². The van der Waals surface area contributed by atoms with Crippen LogP contribution in [0.1, 0.15) is 147 Å².